The number of hydrogen-bond donors (Lipinski definition) is 4. The van der Waals surface area contributed by atoms with E-state index in [-0.39, 0.29) is 11.5 Å². The van der Waals surface area contributed by atoms with Gasteiger partial charge in [0.25, 0.3) is 0 Å². The van der Waals surface area contributed by atoms with Crippen molar-refractivity contribution in [3.63, 3.8) is 0 Å². The molecule has 0 aliphatic rings. The van der Waals surface area contributed by atoms with Crippen molar-refractivity contribution in [2.75, 3.05) is 0 Å². The molecule has 0 saturated heterocycles. The average Bonchev–Trinajstić information content (AvgIpc) is 2.56. The molecular weight excluding hydrogens is 296 g/mol. The Morgan fingerprint density at radius 2 is 1.78 bits per heavy atom. The second kappa shape index (κ2) is 7.84. The monoisotopic (exact) mass is 314 g/mol. The summed E-state index contributed by atoms with van der Waals surface area (Å²) >= 11 is 0. The van der Waals surface area contributed by atoms with E-state index in [1.54, 1.807) is 0 Å². The maximum Gasteiger partial charge on any atom is 0.240 e. The Labute approximate surface area is 133 Å². The van der Waals surface area contributed by atoms with Crippen LogP contribution in [-0.2, 0) is 11.2 Å². The molecule has 2 rings (SSSR count). The van der Waals surface area contributed by atoms with Gasteiger partial charge in [-0.1, -0.05) is 30.3 Å². The summed E-state index contributed by atoms with van der Waals surface area (Å²) in [7, 11) is 0. The van der Waals surface area contributed by atoms with E-state index in [2.05, 4.69) is 10.5 Å². The fourth-order valence-electron chi connectivity index (χ4n) is 2.02. The Balaban J connectivity index is 1.79. The lowest BCUT2D eigenvalue weighted by atomic mass is 10.1. The van der Waals surface area contributed by atoms with Gasteiger partial charge in [-0.2, -0.15) is 5.10 Å². The lowest BCUT2D eigenvalue weighted by Crippen LogP contribution is -2.17. The first-order valence-corrected chi connectivity index (χ1v) is 7.17. The lowest BCUT2D eigenvalue weighted by Gasteiger charge is -2.04. The summed E-state index contributed by atoms with van der Waals surface area (Å²) in [5.74, 6) is -1.78. The summed E-state index contributed by atoms with van der Waals surface area (Å²) in [6.07, 6.45) is 3.05. The van der Waals surface area contributed by atoms with E-state index in [4.69, 9.17) is 0 Å². The average molecular weight is 314 g/mol. The van der Waals surface area contributed by atoms with Crippen molar-refractivity contribution < 1.29 is 20.1 Å². The van der Waals surface area contributed by atoms with Crippen LogP contribution in [-0.4, -0.2) is 27.4 Å². The SMILES string of the molecule is O=C(CCCc1ccccc1)N/N=C/c1ccc(O)c(O)c1O. The van der Waals surface area contributed by atoms with Gasteiger partial charge in [-0.3, -0.25) is 4.79 Å². The van der Waals surface area contributed by atoms with Crippen LogP contribution < -0.4 is 5.43 Å². The molecule has 4 N–H and O–H groups in total. The summed E-state index contributed by atoms with van der Waals surface area (Å²) in [6, 6.07) is 12.5. The molecule has 0 unspecified atom stereocenters. The third-order valence-electron chi connectivity index (χ3n) is 3.27. The molecule has 0 radical (unpaired) electrons. The molecule has 0 aromatic heterocycles. The van der Waals surface area contributed by atoms with E-state index in [0.29, 0.717) is 12.8 Å². The number of benzene rings is 2. The first-order valence-electron chi connectivity index (χ1n) is 7.17. The number of phenols is 3. The van der Waals surface area contributed by atoms with Crippen molar-refractivity contribution in [3.05, 3.63) is 53.6 Å². The summed E-state index contributed by atoms with van der Waals surface area (Å²) < 4.78 is 0. The van der Waals surface area contributed by atoms with Crippen LogP contribution in [0.3, 0.4) is 0 Å². The number of carbonyl (C=O) groups excluding carboxylic acids is 1. The number of hydrogen-bond acceptors (Lipinski definition) is 5. The molecule has 6 nitrogen and oxygen atoms in total. The maximum absolute atomic E-state index is 11.7. The van der Waals surface area contributed by atoms with Crippen molar-refractivity contribution in [2.45, 2.75) is 19.3 Å². The Bertz CT molecular complexity index is 699. The summed E-state index contributed by atoms with van der Waals surface area (Å²) in [5, 5.41) is 31.9. The third-order valence-corrected chi connectivity index (χ3v) is 3.27. The van der Waals surface area contributed by atoms with Crippen LogP contribution in [0.25, 0.3) is 0 Å². The fraction of sp³-hybridized carbons (Fsp3) is 0.176. The number of aryl methyl sites for hydroxylation is 1. The van der Waals surface area contributed by atoms with Gasteiger partial charge >= 0.3 is 0 Å². The van der Waals surface area contributed by atoms with Crippen LogP contribution in [0.2, 0.25) is 0 Å². The lowest BCUT2D eigenvalue weighted by molar-refractivity contribution is -0.121. The van der Waals surface area contributed by atoms with Gasteiger partial charge in [-0.05, 0) is 30.5 Å². The number of aromatic hydroxyl groups is 3. The molecule has 0 atom stereocenters. The van der Waals surface area contributed by atoms with E-state index < -0.39 is 17.2 Å². The Kier molecular flexibility index (Phi) is 5.57. The zero-order valence-electron chi connectivity index (χ0n) is 12.4. The van der Waals surface area contributed by atoms with Crippen molar-refractivity contribution in [1.29, 1.82) is 0 Å². The molecule has 0 aliphatic heterocycles. The standard InChI is InChI=1S/C17H18N2O4/c20-14-10-9-13(16(22)17(14)23)11-18-19-15(21)8-4-7-12-5-2-1-3-6-12/h1-3,5-6,9-11,20,22-23H,4,7-8H2,(H,19,21)/b18-11+. The van der Waals surface area contributed by atoms with Crippen molar-refractivity contribution in [1.82, 2.24) is 5.43 Å². The van der Waals surface area contributed by atoms with E-state index in [0.717, 1.165) is 6.42 Å². The highest BCUT2D eigenvalue weighted by molar-refractivity contribution is 5.86. The van der Waals surface area contributed by atoms with E-state index in [1.165, 1.54) is 23.9 Å². The van der Waals surface area contributed by atoms with Crippen LogP contribution >= 0.6 is 0 Å². The van der Waals surface area contributed by atoms with Crippen molar-refractivity contribution in [2.24, 2.45) is 5.10 Å². The summed E-state index contributed by atoms with van der Waals surface area (Å²) in [5.41, 5.74) is 3.71. The number of carbonyl (C=O) groups is 1. The minimum Gasteiger partial charge on any atom is -0.504 e. The molecule has 6 heteroatoms. The molecule has 0 fully saturated rings. The van der Waals surface area contributed by atoms with Crippen LogP contribution in [0, 0.1) is 0 Å². The quantitative estimate of drug-likeness (QED) is 0.373. The van der Waals surface area contributed by atoms with Crippen LogP contribution in [0.5, 0.6) is 17.2 Å². The van der Waals surface area contributed by atoms with E-state index in [9.17, 15) is 20.1 Å². The number of nitrogens with zero attached hydrogens (tertiary/aromatic N) is 1. The van der Waals surface area contributed by atoms with Gasteiger partial charge in [-0.15, -0.1) is 0 Å². The molecule has 1 amide bonds. The van der Waals surface area contributed by atoms with Gasteiger partial charge in [0, 0.05) is 12.0 Å². The molecule has 23 heavy (non-hydrogen) atoms. The smallest absolute Gasteiger partial charge is 0.240 e. The summed E-state index contributed by atoms with van der Waals surface area (Å²) in [6.45, 7) is 0. The topological polar surface area (TPSA) is 102 Å². The normalized spacial score (nSPS) is 10.8. The number of phenolic OH excluding ortho intramolecular Hbond substituents is 3. The summed E-state index contributed by atoms with van der Waals surface area (Å²) in [4.78, 5) is 11.7. The molecule has 2 aromatic carbocycles. The second-order valence-corrected chi connectivity index (χ2v) is 5.00. The highest BCUT2D eigenvalue weighted by Gasteiger charge is 2.09. The van der Waals surface area contributed by atoms with E-state index in [1.807, 2.05) is 30.3 Å². The zero-order valence-corrected chi connectivity index (χ0v) is 12.4. The van der Waals surface area contributed by atoms with Crippen LogP contribution in [0.1, 0.15) is 24.0 Å². The number of nitrogens with one attached hydrogen (secondary N) is 1. The Morgan fingerprint density at radius 3 is 2.52 bits per heavy atom. The molecule has 0 saturated carbocycles. The maximum atomic E-state index is 11.7. The predicted octanol–water partition coefficient (Wildman–Crippen LogP) is 2.28. The molecular formula is C17H18N2O4. The van der Waals surface area contributed by atoms with Gasteiger partial charge in [0.2, 0.25) is 11.7 Å². The minimum atomic E-state index is -0.622. The highest BCUT2D eigenvalue weighted by atomic mass is 16.3. The van der Waals surface area contributed by atoms with Crippen LogP contribution in [0.4, 0.5) is 0 Å². The molecule has 0 heterocycles. The highest BCUT2D eigenvalue weighted by Crippen LogP contribution is 2.36. The predicted molar refractivity (Wildman–Crippen MR) is 86.6 cm³/mol. The fourth-order valence-corrected chi connectivity index (χ4v) is 2.02. The van der Waals surface area contributed by atoms with Gasteiger partial charge in [0.05, 0.1) is 6.21 Å². The molecule has 120 valence electrons. The first kappa shape index (κ1) is 16.4. The molecule has 0 spiro atoms. The number of rotatable bonds is 6. The number of hydrazone groups is 1. The number of amides is 1. The Hall–Kier alpha value is -3.02. The van der Waals surface area contributed by atoms with Gasteiger partial charge in [0.1, 0.15) is 0 Å². The molecule has 0 aliphatic carbocycles. The minimum absolute atomic E-state index is 0.185. The van der Waals surface area contributed by atoms with Crippen LogP contribution in [0.15, 0.2) is 47.6 Å². The zero-order chi connectivity index (χ0) is 16.7. The first-order chi connectivity index (χ1) is 11.1. The third kappa shape index (κ3) is 4.74. The largest absolute Gasteiger partial charge is 0.504 e. The molecule has 0 bridgehead atoms. The van der Waals surface area contributed by atoms with Gasteiger partial charge < -0.3 is 15.3 Å². The van der Waals surface area contributed by atoms with E-state index >= 15 is 0 Å². The molecule has 2 aromatic rings. The van der Waals surface area contributed by atoms with Gasteiger partial charge in [-0.25, -0.2) is 5.43 Å². The Morgan fingerprint density at radius 1 is 1.04 bits per heavy atom. The van der Waals surface area contributed by atoms with Gasteiger partial charge in [0.15, 0.2) is 11.5 Å². The van der Waals surface area contributed by atoms with Crippen molar-refractivity contribution in [3.8, 4) is 17.2 Å². The second-order valence-electron chi connectivity index (χ2n) is 5.00. The van der Waals surface area contributed by atoms with Crippen molar-refractivity contribution >= 4 is 12.1 Å².